The molecule has 3 rings (SSSR count). The average molecular weight is 279 g/mol. The largest absolute Gasteiger partial charge is 0.394 e. The number of aromatic nitrogens is 1. The Morgan fingerprint density at radius 3 is 2.50 bits per heavy atom. The van der Waals surface area contributed by atoms with E-state index < -0.39 is 37.3 Å². The molecule has 6 nitrogen and oxygen atoms in total. The molecule has 6 heteroatoms. The van der Waals surface area contributed by atoms with Crippen LogP contribution in [0.4, 0.5) is 0 Å². The lowest BCUT2D eigenvalue weighted by atomic mass is 9.98. The maximum Gasteiger partial charge on any atom is 0.163 e. The molecule has 0 radical (unpaired) electrons. The Hall–Kier alpha value is -1.44. The molecule has 1 aliphatic heterocycles. The van der Waals surface area contributed by atoms with Gasteiger partial charge < -0.3 is 29.7 Å². The molecule has 0 aliphatic carbocycles. The van der Waals surface area contributed by atoms with E-state index in [1.807, 2.05) is 30.3 Å². The van der Waals surface area contributed by atoms with Crippen molar-refractivity contribution in [3.8, 4) is 0 Å². The van der Waals surface area contributed by atoms with E-state index in [0.717, 1.165) is 10.9 Å². The van der Waals surface area contributed by atoms with Crippen LogP contribution < -0.4 is 0 Å². The van der Waals surface area contributed by atoms with E-state index in [2.05, 4.69) is 0 Å². The summed E-state index contributed by atoms with van der Waals surface area (Å²) in [6, 6.07) is 9.44. The normalized spacial score (nSPS) is 34.5. The van der Waals surface area contributed by atoms with Crippen LogP contribution in [0.15, 0.2) is 36.5 Å². The molecule has 5 atom stereocenters. The number of nitrogens with zero attached hydrogens (tertiary/aromatic N) is 1. The smallest absolute Gasteiger partial charge is 0.163 e. The molecule has 108 valence electrons. The topological polar surface area (TPSA) is 95.1 Å². The average Bonchev–Trinajstić information content (AvgIpc) is 2.89. The zero-order chi connectivity index (χ0) is 14.3. The van der Waals surface area contributed by atoms with Crippen molar-refractivity contribution < 1.29 is 25.2 Å². The lowest BCUT2D eigenvalue weighted by Gasteiger charge is -2.40. The van der Waals surface area contributed by atoms with Gasteiger partial charge in [0.15, 0.2) is 6.23 Å². The first-order chi connectivity index (χ1) is 9.63. The fraction of sp³-hybridized carbons (Fsp3) is 0.429. The fourth-order valence-corrected chi connectivity index (χ4v) is 2.64. The molecule has 1 aliphatic rings. The van der Waals surface area contributed by atoms with E-state index in [-0.39, 0.29) is 0 Å². The SMILES string of the molecule is OC[C@@H]1O[C@@H](n2ccc3ccccc32)[C@@H](O)[C@H](O)[C@@H]1O. The molecule has 0 spiro atoms. The molecule has 0 unspecified atom stereocenters. The van der Waals surface area contributed by atoms with E-state index in [4.69, 9.17) is 4.74 Å². The van der Waals surface area contributed by atoms with E-state index >= 15 is 0 Å². The van der Waals surface area contributed by atoms with E-state index in [1.54, 1.807) is 10.8 Å². The van der Waals surface area contributed by atoms with E-state index in [1.165, 1.54) is 0 Å². The summed E-state index contributed by atoms with van der Waals surface area (Å²) in [7, 11) is 0. The molecule has 1 saturated heterocycles. The van der Waals surface area contributed by atoms with Crippen LogP contribution in [-0.2, 0) is 4.74 Å². The van der Waals surface area contributed by atoms with Crippen molar-refractivity contribution in [2.45, 2.75) is 30.6 Å². The second kappa shape index (κ2) is 5.16. The van der Waals surface area contributed by atoms with Gasteiger partial charge >= 0.3 is 0 Å². The molecule has 1 fully saturated rings. The molecule has 20 heavy (non-hydrogen) atoms. The third-order valence-corrected chi connectivity index (χ3v) is 3.77. The molecule has 0 amide bonds. The van der Waals surface area contributed by atoms with Crippen LogP contribution in [0.1, 0.15) is 6.23 Å². The van der Waals surface area contributed by atoms with Gasteiger partial charge in [-0.1, -0.05) is 18.2 Å². The van der Waals surface area contributed by atoms with Crippen molar-refractivity contribution in [2.75, 3.05) is 6.61 Å². The van der Waals surface area contributed by atoms with Crippen molar-refractivity contribution in [3.63, 3.8) is 0 Å². The second-order valence-corrected chi connectivity index (χ2v) is 5.00. The predicted molar refractivity (Wildman–Crippen MR) is 71.0 cm³/mol. The minimum Gasteiger partial charge on any atom is -0.394 e. The Balaban J connectivity index is 2.00. The Morgan fingerprint density at radius 2 is 1.75 bits per heavy atom. The standard InChI is InChI=1S/C14H17NO5/c16-7-10-11(17)12(18)13(19)14(20-10)15-6-5-8-3-1-2-4-9(8)15/h1-6,10-14,16-19H,7H2/t10-,11+,12+,13-,14+/m0/s1. The summed E-state index contributed by atoms with van der Waals surface area (Å²) >= 11 is 0. The second-order valence-electron chi connectivity index (χ2n) is 5.00. The van der Waals surface area contributed by atoms with Crippen LogP contribution in [0.5, 0.6) is 0 Å². The van der Waals surface area contributed by atoms with Gasteiger partial charge in [-0.15, -0.1) is 0 Å². The van der Waals surface area contributed by atoms with E-state index in [0.29, 0.717) is 0 Å². The van der Waals surface area contributed by atoms with Crippen LogP contribution >= 0.6 is 0 Å². The van der Waals surface area contributed by atoms with Gasteiger partial charge in [0.2, 0.25) is 0 Å². The number of benzene rings is 1. The van der Waals surface area contributed by atoms with Crippen LogP contribution in [0.25, 0.3) is 10.9 Å². The van der Waals surface area contributed by atoms with Crippen LogP contribution in [0, 0.1) is 0 Å². The van der Waals surface area contributed by atoms with Gasteiger partial charge in [0, 0.05) is 6.20 Å². The molecular weight excluding hydrogens is 262 g/mol. The highest BCUT2D eigenvalue weighted by molar-refractivity contribution is 5.80. The minimum atomic E-state index is -1.37. The van der Waals surface area contributed by atoms with Crippen molar-refractivity contribution in [1.29, 1.82) is 0 Å². The summed E-state index contributed by atoms with van der Waals surface area (Å²) in [5, 5.41) is 39.9. The summed E-state index contributed by atoms with van der Waals surface area (Å²) in [6.07, 6.45) is -3.99. The highest BCUT2D eigenvalue weighted by Gasteiger charge is 2.44. The van der Waals surface area contributed by atoms with Crippen LogP contribution in [0.2, 0.25) is 0 Å². The summed E-state index contributed by atoms with van der Waals surface area (Å²) in [5.41, 5.74) is 0.844. The molecule has 1 aromatic heterocycles. The molecular formula is C14H17NO5. The molecule has 4 N–H and O–H groups in total. The van der Waals surface area contributed by atoms with Gasteiger partial charge in [0.25, 0.3) is 0 Å². The summed E-state index contributed by atoms with van der Waals surface area (Å²) < 4.78 is 7.23. The van der Waals surface area contributed by atoms with Gasteiger partial charge in [0.05, 0.1) is 12.1 Å². The number of aliphatic hydroxyl groups excluding tert-OH is 4. The molecule has 2 aromatic rings. The maximum absolute atomic E-state index is 10.1. The van der Waals surface area contributed by atoms with E-state index in [9.17, 15) is 20.4 Å². The third-order valence-electron chi connectivity index (χ3n) is 3.77. The van der Waals surface area contributed by atoms with Crippen LogP contribution in [-0.4, -0.2) is 56.0 Å². The number of para-hydroxylation sites is 1. The van der Waals surface area contributed by atoms with Gasteiger partial charge in [-0.25, -0.2) is 0 Å². The zero-order valence-electron chi connectivity index (χ0n) is 10.7. The Labute approximate surface area is 115 Å². The highest BCUT2D eigenvalue weighted by Crippen LogP contribution is 2.31. The molecule has 2 heterocycles. The first-order valence-corrected chi connectivity index (χ1v) is 6.49. The monoisotopic (exact) mass is 279 g/mol. The van der Waals surface area contributed by atoms with Crippen molar-refractivity contribution in [3.05, 3.63) is 36.5 Å². The molecule has 0 saturated carbocycles. The lowest BCUT2D eigenvalue weighted by molar-refractivity contribution is -0.250. The third kappa shape index (κ3) is 2.02. The van der Waals surface area contributed by atoms with Crippen LogP contribution in [0.3, 0.4) is 0 Å². The van der Waals surface area contributed by atoms with Crippen molar-refractivity contribution >= 4 is 10.9 Å². The first-order valence-electron chi connectivity index (χ1n) is 6.49. The first kappa shape index (κ1) is 13.5. The minimum absolute atomic E-state index is 0.430. The van der Waals surface area contributed by atoms with Gasteiger partial charge in [-0.2, -0.15) is 0 Å². The number of rotatable bonds is 2. The zero-order valence-corrected chi connectivity index (χ0v) is 10.7. The Bertz CT molecular complexity index is 596. The predicted octanol–water partition coefficient (Wildman–Crippen LogP) is -0.386. The molecule has 0 bridgehead atoms. The summed E-state index contributed by atoms with van der Waals surface area (Å²) in [4.78, 5) is 0. The Morgan fingerprint density at radius 1 is 1.00 bits per heavy atom. The molecule has 1 aromatic carbocycles. The van der Waals surface area contributed by atoms with Gasteiger partial charge in [0.1, 0.15) is 24.4 Å². The fourth-order valence-electron chi connectivity index (χ4n) is 2.64. The number of hydrogen-bond acceptors (Lipinski definition) is 5. The van der Waals surface area contributed by atoms with Crippen molar-refractivity contribution in [1.82, 2.24) is 4.57 Å². The quantitative estimate of drug-likeness (QED) is 0.601. The lowest BCUT2D eigenvalue weighted by Crippen LogP contribution is -2.56. The van der Waals surface area contributed by atoms with Gasteiger partial charge in [-0.3, -0.25) is 0 Å². The number of ether oxygens (including phenoxy) is 1. The summed E-state index contributed by atoms with van der Waals surface area (Å²) in [6.45, 7) is -0.430. The number of aliphatic hydroxyl groups is 4. The summed E-state index contributed by atoms with van der Waals surface area (Å²) in [5.74, 6) is 0. The number of hydrogen-bond donors (Lipinski definition) is 4. The van der Waals surface area contributed by atoms with Gasteiger partial charge in [-0.05, 0) is 17.5 Å². The maximum atomic E-state index is 10.1. The Kier molecular flexibility index (Phi) is 3.49. The van der Waals surface area contributed by atoms with Crippen molar-refractivity contribution in [2.24, 2.45) is 0 Å². The number of fused-ring (bicyclic) bond motifs is 1. The highest BCUT2D eigenvalue weighted by atomic mass is 16.6.